The van der Waals surface area contributed by atoms with Gasteiger partial charge in [0, 0.05) is 7.11 Å². The van der Waals surface area contributed by atoms with E-state index in [2.05, 4.69) is 15.9 Å². The molecule has 18 heavy (non-hydrogen) atoms. The highest BCUT2D eigenvalue weighted by molar-refractivity contribution is 9.10. The highest BCUT2D eigenvalue weighted by Gasteiger charge is 2.22. The molecule has 0 spiro atoms. The van der Waals surface area contributed by atoms with E-state index in [0.29, 0.717) is 18.4 Å². The zero-order chi connectivity index (χ0) is 13.9. The first-order chi connectivity index (χ1) is 8.28. The number of hydrogen-bond acceptors (Lipinski definition) is 2. The van der Waals surface area contributed by atoms with Crippen LogP contribution < -0.4 is 0 Å². The number of aliphatic hydroxyl groups is 1. The average Bonchev–Trinajstić information content (AvgIpc) is 2.33. The van der Waals surface area contributed by atoms with Gasteiger partial charge in [-0.05, 0) is 54.2 Å². The number of benzene rings is 1. The van der Waals surface area contributed by atoms with Gasteiger partial charge >= 0.3 is 0 Å². The summed E-state index contributed by atoms with van der Waals surface area (Å²) in [6, 6.07) is 2.40. The van der Waals surface area contributed by atoms with Crippen molar-refractivity contribution in [2.45, 2.75) is 38.4 Å². The van der Waals surface area contributed by atoms with Crippen molar-refractivity contribution in [3.05, 3.63) is 33.8 Å². The molecule has 0 fully saturated rings. The molecule has 0 saturated heterocycles. The Hall–Kier alpha value is -0.520. The van der Waals surface area contributed by atoms with Crippen LogP contribution in [-0.4, -0.2) is 17.8 Å². The van der Waals surface area contributed by atoms with Crippen LogP contribution in [0.15, 0.2) is 16.6 Å². The van der Waals surface area contributed by atoms with E-state index < -0.39 is 17.7 Å². The number of aliphatic hydroxyl groups excluding tert-OH is 1. The second-order valence-electron chi connectivity index (χ2n) is 4.78. The fourth-order valence-electron chi connectivity index (χ4n) is 1.54. The van der Waals surface area contributed by atoms with Gasteiger partial charge in [-0.25, -0.2) is 8.78 Å². The molecule has 0 aliphatic carbocycles. The minimum absolute atomic E-state index is 0.0229. The van der Waals surface area contributed by atoms with Crippen molar-refractivity contribution in [2.75, 3.05) is 7.11 Å². The summed E-state index contributed by atoms with van der Waals surface area (Å²) in [5.41, 5.74) is -0.00716. The van der Waals surface area contributed by atoms with Crippen LogP contribution >= 0.6 is 15.9 Å². The second-order valence-corrected chi connectivity index (χ2v) is 5.58. The summed E-state index contributed by atoms with van der Waals surface area (Å²) < 4.78 is 31.5. The molecule has 0 heterocycles. The molecular formula is C13H17BrF2O2. The van der Waals surface area contributed by atoms with Gasteiger partial charge in [0.05, 0.1) is 16.2 Å². The number of rotatable bonds is 5. The number of hydrogen-bond donors (Lipinski definition) is 1. The van der Waals surface area contributed by atoms with Crippen molar-refractivity contribution in [3.8, 4) is 0 Å². The quantitative estimate of drug-likeness (QED) is 0.831. The van der Waals surface area contributed by atoms with Gasteiger partial charge in [0.2, 0.25) is 0 Å². The van der Waals surface area contributed by atoms with Crippen LogP contribution in [0.5, 0.6) is 0 Å². The Kier molecular flexibility index (Phi) is 5.25. The largest absolute Gasteiger partial charge is 0.388 e. The van der Waals surface area contributed by atoms with Crippen LogP contribution in [0.25, 0.3) is 0 Å². The standard InChI is InChI=1S/C13H17BrF2O2/c1-13(2,18-3)7-6-10(17)8-4-5-9(15)12(16)11(8)14/h4-5,10,17H,6-7H2,1-3H3. The Balaban J connectivity index is 2.79. The van der Waals surface area contributed by atoms with Crippen molar-refractivity contribution in [1.82, 2.24) is 0 Å². The molecule has 102 valence electrons. The van der Waals surface area contributed by atoms with Crippen LogP contribution in [0.4, 0.5) is 8.78 Å². The van der Waals surface area contributed by atoms with E-state index in [1.807, 2.05) is 13.8 Å². The van der Waals surface area contributed by atoms with E-state index in [9.17, 15) is 13.9 Å². The van der Waals surface area contributed by atoms with Gasteiger partial charge in [0.25, 0.3) is 0 Å². The fraction of sp³-hybridized carbons (Fsp3) is 0.538. The van der Waals surface area contributed by atoms with E-state index in [1.54, 1.807) is 7.11 Å². The summed E-state index contributed by atoms with van der Waals surface area (Å²) in [6.45, 7) is 3.81. The predicted molar refractivity (Wildman–Crippen MR) is 69.3 cm³/mol. The highest BCUT2D eigenvalue weighted by Crippen LogP contribution is 2.31. The third kappa shape index (κ3) is 3.73. The summed E-state index contributed by atoms with van der Waals surface area (Å²) in [4.78, 5) is 0. The molecule has 0 amide bonds. The van der Waals surface area contributed by atoms with Gasteiger partial charge in [0.1, 0.15) is 0 Å². The Morgan fingerprint density at radius 2 is 2.00 bits per heavy atom. The molecule has 0 aliphatic rings. The molecule has 1 N–H and O–H groups in total. The second kappa shape index (κ2) is 6.08. The maximum absolute atomic E-state index is 13.3. The first-order valence-electron chi connectivity index (χ1n) is 5.65. The number of methoxy groups -OCH3 is 1. The maximum Gasteiger partial charge on any atom is 0.173 e. The van der Waals surface area contributed by atoms with Crippen molar-refractivity contribution in [1.29, 1.82) is 0 Å². The van der Waals surface area contributed by atoms with Crippen LogP contribution in [-0.2, 0) is 4.74 Å². The van der Waals surface area contributed by atoms with Gasteiger partial charge in [-0.3, -0.25) is 0 Å². The van der Waals surface area contributed by atoms with E-state index >= 15 is 0 Å². The molecule has 0 radical (unpaired) electrons. The minimum Gasteiger partial charge on any atom is -0.388 e. The average molecular weight is 323 g/mol. The SMILES string of the molecule is COC(C)(C)CCC(O)c1ccc(F)c(F)c1Br. The number of ether oxygens (including phenoxy) is 1. The Bertz CT molecular complexity index is 422. The molecular weight excluding hydrogens is 306 g/mol. The van der Waals surface area contributed by atoms with E-state index in [0.717, 1.165) is 6.07 Å². The van der Waals surface area contributed by atoms with Gasteiger partial charge in [-0.15, -0.1) is 0 Å². The summed E-state index contributed by atoms with van der Waals surface area (Å²) in [5.74, 6) is -1.91. The summed E-state index contributed by atoms with van der Waals surface area (Å²) >= 11 is 2.96. The summed E-state index contributed by atoms with van der Waals surface area (Å²) in [5, 5.41) is 10.0. The van der Waals surface area contributed by atoms with E-state index in [1.165, 1.54) is 6.07 Å². The monoisotopic (exact) mass is 322 g/mol. The highest BCUT2D eigenvalue weighted by atomic mass is 79.9. The molecule has 1 unspecified atom stereocenters. The van der Waals surface area contributed by atoms with Crippen LogP contribution in [0.3, 0.4) is 0 Å². The third-order valence-electron chi connectivity index (χ3n) is 3.00. The molecule has 0 aromatic heterocycles. The Labute approximate surface area is 114 Å². The maximum atomic E-state index is 13.3. The van der Waals surface area contributed by atoms with E-state index in [-0.39, 0.29) is 10.1 Å². The lowest BCUT2D eigenvalue weighted by molar-refractivity contribution is 0.00269. The zero-order valence-corrected chi connectivity index (χ0v) is 12.2. The van der Waals surface area contributed by atoms with Crippen LogP contribution in [0, 0.1) is 11.6 Å². The Morgan fingerprint density at radius 3 is 2.56 bits per heavy atom. The summed E-state index contributed by atoms with van der Waals surface area (Å²) in [6.07, 6.45) is 0.157. The zero-order valence-electron chi connectivity index (χ0n) is 10.6. The van der Waals surface area contributed by atoms with E-state index in [4.69, 9.17) is 4.74 Å². The minimum atomic E-state index is -0.974. The lowest BCUT2D eigenvalue weighted by Crippen LogP contribution is -2.23. The first-order valence-corrected chi connectivity index (χ1v) is 6.44. The van der Waals surface area contributed by atoms with Crippen molar-refractivity contribution >= 4 is 15.9 Å². The lowest BCUT2D eigenvalue weighted by atomic mass is 9.96. The fourth-order valence-corrected chi connectivity index (χ4v) is 2.13. The van der Waals surface area contributed by atoms with Crippen LogP contribution in [0.2, 0.25) is 0 Å². The molecule has 1 rings (SSSR count). The molecule has 5 heteroatoms. The smallest absolute Gasteiger partial charge is 0.173 e. The Morgan fingerprint density at radius 1 is 1.39 bits per heavy atom. The van der Waals surface area contributed by atoms with Crippen molar-refractivity contribution < 1.29 is 18.6 Å². The van der Waals surface area contributed by atoms with Gasteiger partial charge < -0.3 is 9.84 Å². The molecule has 1 aromatic rings. The molecule has 2 nitrogen and oxygen atoms in total. The van der Waals surface area contributed by atoms with Gasteiger partial charge in [-0.1, -0.05) is 6.07 Å². The first kappa shape index (κ1) is 15.5. The normalized spacial score (nSPS) is 13.7. The topological polar surface area (TPSA) is 29.5 Å². The van der Waals surface area contributed by atoms with Crippen LogP contribution in [0.1, 0.15) is 38.4 Å². The molecule has 0 saturated carbocycles. The number of halogens is 3. The molecule has 0 aliphatic heterocycles. The molecule has 1 aromatic carbocycles. The van der Waals surface area contributed by atoms with Gasteiger partial charge in [-0.2, -0.15) is 0 Å². The summed E-state index contributed by atoms with van der Waals surface area (Å²) in [7, 11) is 1.60. The molecule has 1 atom stereocenters. The van der Waals surface area contributed by atoms with Crippen molar-refractivity contribution in [2.24, 2.45) is 0 Å². The van der Waals surface area contributed by atoms with Crippen molar-refractivity contribution in [3.63, 3.8) is 0 Å². The third-order valence-corrected chi connectivity index (χ3v) is 3.80. The lowest BCUT2D eigenvalue weighted by Gasteiger charge is -2.24. The van der Waals surface area contributed by atoms with Gasteiger partial charge in [0.15, 0.2) is 11.6 Å². The predicted octanol–water partition coefficient (Wildman–Crippen LogP) is 3.97. The molecule has 0 bridgehead atoms.